The van der Waals surface area contributed by atoms with Crippen LogP contribution in [0.3, 0.4) is 0 Å². The molecule has 0 unspecified atom stereocenters. The Morgan fingerprint density at radius 2 is 1.56 bits per heavy atom. The molecule has 1 N–H and O–H groups in total. The fourth-order valence-electron chi connectivity index (χ4n) is 1.07. The zero-order valence-corrected chi connectivity index (χ0v) is 12.3. The Labute approximate surface area is 112 Å². The Bertz CT molecular complexity index is 260. The molecule has 0 amide bonds. The SMILES string of the molecule is CC(C)=O.CCCCCCO.Cc1ccccc1. The van der Waals surface area contributed by atoms with Gasteiger partial charge < -0.3 is 9.90 Å². The van der Waals surface area contributed by atoms with Crippen LogP contribution in [-0.2, 0) is 4.79 Å². The lowest BCUT2D eigenvalue weighted by atomic mass is 10.2. The van der Waals surface area contributed by atoms with Gasteiger partial charge in [0.1, 0.15) is 5.78 Å². The van der Waals surface area contributed by atoms with Gasteiger partial charge in [0, 0.05) is 6.61 Å². The molecule has 0 bridgehead atoms. The smallest absolute Gasteiger partial charge is 0.126 e. The second kappa shape index (κ2) is 15.9. The van der Waals surface area contributed by atoms with E-state index in [1.54, 1.807) is 0 Å². The van der Waals surface area contributed by atoms with Crippen molar-refractivity contribution < 1.29 is 9.90 Å². The van der Waals surface area contributed by atoms with Crippen LogP contribution >= 0.6 is 0 Å². The van der Waals surface area contributed by atoms with Gasteiger partial charge in [0.2, 0.25) is 0 Å². The van der Waals surface area contributed by atoms with Crippen LogP contribution in [0.2, 0.25) is 0 Å². The molecule has 0 atom stereocenters. The molecule has 104 valence electrons. The maximum absolute atomic E-state index is 9.44. The van der Waals surface area contributed by atoms with E-state index in [4.69, 9.17) is 5.11 Å². The first-order valence-corrected chi connectivity index (χ1v) is 6.64. The van der Waals surface area contributed by atoms with Gasteiger partial charge >= 0.3 is 0 Å². The summed E-state index contributed by atoms with van der Waals surface area (Å²) in [5.41, 5.74) is 1.32. The first-order chi connectivity index (χ1) is 8.54. The average molecular weight is 252 g/mol. The van der Waals surface area contributed by atoms with Gasteiger partial charge in [-0.15, -0.1) is 0 Å². The van der Waals surface area contributed by atoms with Crippen molar-refractivity contribution in [2.45, 2.75) is 53.4 Å². The van der Waals surface area contributed by atoms with E-state index in [1.165, 1.54) is 38.7 Å². The summed E-state index contributed by atoms with van der Waals surface area (Å²) >= 11 is 0. The monoisotopic (exact) mass is 252 g/mol. The summed E-state index contributed by atoms with van der Waals surface area (Å²) in [5.74, 6) is 0.167. The number of aliphatic hydroxyl groups excluding tert-OH is 1. The Balaban J connectivity index is 0. The van der Waals surface area contributed by atoms with Crippen molar-refractivity contribution >= 4 is 5.78 Å². The maximum Gasteiger partial charge on any atom is 0.126 e. The Morgan fingerprint density at radius 3 is 1.83 bits per heavy atom. The first-order valence-electron chi connectivity index (χ1n) is 6.64. The number of unbranched alkanes of at least 4 members (excludes halogenated alkanes) is 3. The highest BCUT2D eigenvalue weighted by molar-refractivity contribution is 5.72. The van der Waals surface area contributed by atoms with Crippen LogP contribution in [-0.4, -0.2) is 17.5 Å². The standard InChI is InChI=1S/C7H8.C6H14O.C3H6O/c1-7-5-3-2-4-6-7;1-2-3-4-5-6-7;1-3(2)4/h2-6H,1H3;7H,2-6H2,1H3;1-2H3. The second-order valence-electron chi connectivity index (χ2n) is 4.35. The van der Waals surface area contributed by atoms with Crippen LogP contribution in [0.5, 0.6) is 0 Å². The van der Waals surface area contributed by atoms with E-state index in [2.05, 4.69) is 26.0 Å². The number of Topliss-reactive ketones (excluding diaryl/α,β-unsaturated/α-hetero) is 1. The summed E-state index contributed by atoms with van der Waals surface area (Å²) in [6, 6.07) is 10.3. The molecule has 2 heteroatoms. The first kappa shape index (κ1) is 19.2. The van der Waals surface area contributed by atoms with Crippen molar-refractivity contribution in [1.82, 2.24) is 0 Å². The fraction of sp³-hybridized carbons (Fsp3) is 0.562. The third kappa shape index (κ3) is 24.2. The van der Waals surface area contributed by atoms with Gasteiger partial charge in [-0.05, 0) is 27.2 Å². The highest BCUT2D eigenvalue weighted by Crippen LogP contribution is 1.96. The van der Waals surface area contributed by atoms with E-state index >= 15 is 0 Å². The predicted molar refractivity (Wildman–Crippen MR) is 78.8 cm³/mol. The highest BCUT2D eigenvalue weighted by atomic mass is 16.2. The largest absolute Gasteiger partial charge is 0.396 e. The van der Waals surface area contributed by atoms with Gasteiger partial charge in [-0.3, -0.25) is 0 Å². The van der Waals surface area contributed by atoms with Crippen LogP contribution in [0.15, 0.2) is 30.3 Å². The average Bonchev–Trinajstić information content (AvgIpc) is 2.31. The number of ketones is 1. The number of hydrogen-bond donors (Lipinski definition) is 1. The molecule has 0 aliphatic heterocycles. The van der Waals surface area contributed by atoms with Crippen LogP contribution < -0.4 is 0 Å². The molecule has 0 aliphatic carbocycles. The number of hydrogen-bond acceptors (Lipinski definition) is 2. The van der Waals surface area contributed by atoms with Crippen molar-refractivity contribution in [3.05, 3.63) is 35.9 Å². The van der Waals surface area contributed by atoms with Gasteiger partial charge in [-0.25, -0.2) is 0 Å². The summed E-state index contributed by atoms with van der Waals surface area (Å²) in [6.45, 7) is 7.66. The van der Waals surface area contributed by atoms with E-state index in [0.717, 1.165) is 6.42 Å². The van der Waals surface area contributed by atoms with Crippen molar-refractivity contribution in [3.8, 4) is 0 Å². The number of carbonyl (C=O) groups is 1. The molecule has 0 saturated heterocycles. The van der Waals surface area contributed by atoms with Crippen LogP contribution in [0, 0.1) is 6.92 Å². The topological polar surface area (TPSA) is 37.3 Å². The number of benzene rings is 1. The molecule has 0 aromatic heterocycles. The van der Waals surface area contributed by atoms with Crippen LogP contribution in [0.1, 0.15) is 52.0 Å². The van der Waals surface area contributed by atoms with Gasteiger partial charge in [-0.2, -0.15) is 0 Å². The Hall–Kier alpha value is -1.15. The Kier molecular flexibility index (Phi) is 16.9. The number of rotatable bonds is 4. The van der Waals surface area contributed by atoms with Gasteiger partial charge in [-0.1, -0.05) is 62.1 Å². The zero-order chi connectivity index (χ0) is 14.2. The molecule has 1 aromatic carbocycles. The van der Waals surface area contributed by atoms with Gasteiger partial charge in [0.15, 0.2) is 0 Å². The van der Waals surface area contributed by atoms with E-state index in [9.17, 15) is 4.79 Å². The normalized spacial score (nSPS) is 8.50. The molecular weight excluding hydrogens is 224 g/mol. The number of aliphatic hydroxyl groups is 1. The lowest BCUT2D eigenvalue weighted by molar-refractivity contribution is -0.114. The molecule has 0 aliphatic rings. The van der Waals surface area contributed by atoms with Gasteiger partial charge in [0.25, 0.3) is 0 Å². The number of carbonyl (C=O) groups excluding carboxylic acids is 1. The summed E-state index contributed by atoms with van der Waals surface area (Å²) in [7, 11) is 0. The maximum atomic E-state index is 9.44. The van der Waals surface area contributed by atoms with E-state index in [0.29, 0.717) is 6.61 Å². The second-order valence-corrected chi connectivity index (χ2v) is 4.35. The molecular formula is C16H28O2. The number of aryl methyl sites for hydroxylation is 1. The van der Waals surface area contributed by atoms with Crippen molar-refractivity contribution in [2.75, 3.05) is 6.61 Å². The lowest BCUT2D eigenvalue weighted by Crippen LogP contribution is -1.80. The highest BCUT2D eigenvalue weighted by Gasteiger charge is 1.80. The van der Waals surface area contributed by atoms with Crippen molar-refractivity contribution in [3.63, 3.8) is 0 Å². The molecule has 1 rings (SSSR count). The molecule has 2 nitrogen and oxygen atoms in total. The van der Waals surface area contributed by atoms with E-state index in [-0.39, 0.29) is 5.78 Å². The van der Waals surface area contributed by atoms with Crippen LogP contribution in [0.4, 0.5) is 0 Å². The van der Waals surface area contributed by atoms with Crippen LogP contribution in [0.25, 0.3) is 0 Å². The quantitative estimate of drug-likeness (QED) is 0.817. The fourth-order valence-corrected chi connectivity index (χ4v) is 1.07. The van der Waals surface area contributed by atoms with Crippen molar-refractivity contribution in [1.29, 1.82) is 0 Å². The molecule has 18 heavy (non-hydrogen) atoms. The minimum absolute atomic E-state index is 0.167. The van der Waals surface area contributed by atoms with E-state index in [1.807, 2.05) is 18.2 Å². The predicted octanol–water partition coefficient (Wildman–Crippen LogP) is 4.15. The minimum Gasteiger partial charge on any atom is -0.396 e. The molecule has 0 saturated carbocycles. The summed E-state index contributed by atoms with van der Waals surface area (Å²) < 4.78 is 0. The molecule has 0 heterocycles. The Morgan fingerprint density at radius 1 is 1.06 bits per heavy atom. The summed E-state index contributed by atoms with van der Waals surface area (Å²) in [4.78, 5) is 9.44. The minimum atomic E-state index is 0.167. The van der Waals surface area contributed by atoms with Crippen molar-refractivity contribution in [2.24, 2.45) is 0 Å². The third-order valence-electron chi connectivity index (χ3n) is 1.95. The third-order valence-corrected chi connectivity index (χ3v) is 1.95. The summed E-state index contributed by atoms with van der Waals surface area (Å²) in [6.07, 6.45) is 4.68. The molecule has 1 aromatic rings. The summed E-state index contributed by atoms with van der Waals surface area (Å²) in [5, 5.41) is 8.29. The zero-order valence-electron chi connectivity index (χ0n) is 12.3. The van der Waals surface area contributed by atoms with E-state index < -0.39 is 0 Å². The molecule has 0 fully saturated rings. The molecule has 0 radical (unpaired) electrons. The lowest BCUT2D eigenvalue weighted by Gasteiger charge is -1.90. The molecule has 0 spiro atoms. The van der Waals surface area contributed by atoms with Gasteiger partial charge in [0.05, 0.1) is 0 Å².